The van der Waals surface area contributed by atoms with Crippen LogP contribution < -0.4 is 20.7 Å². The molecule has 0 bridgehead atoms. The Kier molecular flexibility index (Phi) is 7.87. The van der Waals surface area contributed by atoms with Crippen LogP contribution in [0.4, 0.5) is 16.2 Å². The van der Waals surface area contributed by atoms with Gasteiger partial charge in [0.2, 0.25) is 5.91 Å². The van der Waals surface area contributed by atoms with Crippen LogP contribution in [-0.2, 0) is 9.53 Å². The second-order valence-electron chi connectivity index (χ2n) is 6.76. The van der Waals surface area contributed by atoms with Crippen molar-refractivity contribution in [3.63, 3.8) is 0 Å². The molecule has 1 saturated heterocycles. The highest BCUT2D eigenvalue weighted by Crippen LogP contribution is 2.24. The lowest BCUT2D eigenvalue weighted by Gasteiger charge is -2.12. The number of hydrogen-bond acceptors (Lipinski definition) is 4. The summed E-state index contributed by atoms with van der Waals surface area (Å²) in [6.07, 6.45) is 5.23. The van der Waals surface area contributed by atoms with Crippen LogP contribution in [0, 0.1) is 0 Å². The number of benzene rings is 2. The summed E-state index contributed by atoms with van der Waals surface area (Å²) in [4.78, 5) is 24.2. The summed E-state index contributed by atoms with van der Waals surface area (Å²) in [5.41, 5.74) is 2.04. The Morgan fingerprint density at radius 3 is 2.57 bits per heavy atom. The largest absolute Gasteiger partial charge is 0.496 e. The molecule has 0 aromatic heterocycles. The van der Waals surface area contributed by atoms with Crippen molar-refractivity contribution in [2.75, 3.05) is 30.9 Å². The normalized spacial score (nSPS) is 15.7. The molecule has 1 fully saturated rings. The summed E-state index contributed by atoms with van der Waals surface area (Å²) in [6.45, 7) is 1.25. The monoisotopic (exact) mass is 473 g/mol. The molecule has 1 aliphatic heterocycles. The highest BCUT2D eigenvalue weighted by atomic mass is 79.9. The van der Waals surface area contributed by atoms with Gasteiger partial charge in [0.05, 0.1) is 13.2 Å². The second-order valence-corrected chi connectivity index (χ2v) is 7.67. The van der Waals surface area contributed by atoms with E-state index >= 15 is 0 Å². The Balaban J connectivity index is 1.49. The molecule has 3 rings (SSSR count). The topological polar surface area (TPSA) is 88.7 Å². The van der Waals surface area contributed by atoms with Crippen LogP contribution in [0.5, 0.6) is 5.75 Å². The van der Waals surface area contributed by atoms with Gasteiger partial charge < -0.3 is 25.4 Å². The van der Waals surface area contributed by atoms with Gasteiger partial charge in [0.25, 0.3) is 0 Å². The molecule has 2 aromatic carbocycles. The average molecular weight is 474 g/mol. The van der Waals surface area contributed by atoms with Gasteiger partial charge in [0.15, 0.2) is 0 Å². The van der Waals surface area contributed by atoms with Crippen molar-refractivity contribution in [3.8, 4) is 5.75 Å². The number of halogens is 1. The molecule has 0 saturated carbocycles. The molecule has 1 unspecified atom stereocenters. The van der Waals surface area contributed by atoms with Crippen molar-refractivity contribution in [1.29, 1.82) is 0 Å². The fourth-order valence-electron chi connectivity index (χ4n) is 3.01. The molecule has 3 N–H and O–H groups in total. The van der Waals surface area contributed by atoms with Gasteiger partial charge in [-0.25, -0.2) is 4.79 Å². The summed E-state index contributed by atoms with van der Waals surface area (Å²) < 4.78 is 11.7. The van der Waals surface area contributed by atoms with Crippen LogP contribution in [0.25, 0.3) is 6.08 Å². The Morgan fingerprint density at radius 1 is 1.17 bits per heavy atom. The molecule has 2 aromatic rings. The first-order valence-electron chi connectivity index (χ1n) is 9.62. The molecule has 30 heavy (non-hydrogen) atoms. The quantitative estimate of drug-likeness (QED) is 0.519. The van der Waals surface area contributed by atoms with Gasteiger partial charge in [-0.1, -0.05) is 15.9 Å². The summed E-state index contributed by atoms with van der Waals surface area (Å²) in [5, 5.41) is 8.34. The third-order valence-electron chi connectivity index (χ3n) is 4.53. The summed E-state index contributed by atoms with van der Waals surface area (Å²) in [5.74, 6) is 0.405. The lowest BCUT2D eigenvalue weighted by Crippen LogP contribution is -2.35. The van der Waals surface area contributed by atoms with Crippen LogP contribution in [0.2, 0.25) is 0 Å². The van der Waals surface area contributed by atoms with Gasteiger partial charge in [-0.05, 0) is 61.4 Å². The fraction of sp³-hybridized carbons (Fsp3) is 0.273. The van der Waals surface area contributed by atoms with Crippen molar-refractivity contribution in [1.82, 2.24) is 5.32 Å². The van der Waals surface area contributed by atoms with Crippen LogP contribution in [-0.4, -0.2) is 38.3 Å². The van der Waals surface area contributed by atoms with E-state index in [1.807, 2.05) is 18.2 Å². The molecule has 1 heterocycles. The first-order valence-corrected chi connectivity index (χ1v) is 10.4. The highest BCUT2D eigenvalue weighted by molar-refractivity contribution is 9.10. The molecule has 7 nitrogen and oxygen atoms in total. The van der Waals surface area contributed by atoms with E-state index in [4.69, 9.17) is 9.47 Å². The van der Waals surface area contributed by atoms with Crippen molar-refractivity contribution in [2.24, 2.45) is 0 Å². The number of urea groups is 1. The lowest BCUT2D eigenvalue weighted by molar-refractivity contribution is -0.111. The zero-order valence-corrected chi connectivity index (χ0v) is 18.2. The van der Waals surface area contributed by atoms with Crippen LogP contribution in [0.15, 0.2) is 53.0 Å². The Hall–Kier alpha value is -2.84. The predicted octanol–water partition coefficient (Wildman–Crippen LogP) is 4.41. The lowest BCUT2D eigenvalue weighted by atomic mass is 10.2. The molecule has 158 valence electrons. The standard InChI is InChI=1S/C22H24BrN3O4/c1-29-20-10-5-16(23)13-15(20)4-11-21(27)25-17-6-8-18(9-7-17)26-22(28)24-14-19-3-2-12-30-19/h4-11,13,19H,2-3,12,14H2,1H3,(H,25,27)(H2,24,26,28)/b11-4+. The van der Waals surface area contributed by atoms with Gasteiger partial charge in [-0.3, -0.25) is 4.79 Å². The van der Waals surface area contributed by atoms with E-state index in [1.54, 1.807) is 37.5 Å². The van der Waals surface area contributed by atoms with E-state index in [2.05, 4.69) is 31.9 Å². The number of methoxy groups -OCH3 is 1. The molecule has 0 spiro atoms. The van der Waals surface area contributed by atoms with E-state index in [-0.39, 0.29) is 18.0 Å². The van der Waals surface area contributed by atoms with E-state index in [1.165, 1.54) is 6.08 Å². The Morgan fingerprint density at radius 2 is 1.90 bits per heavy atom. The van der Waals surface area contributed by atoms with Gasteiger partial charge in [-0.2, -0.15) is 0 Å². The van der Waals surface area contributed by atoms with Crippen molar-refractivity contribution in [2.45, 2.75) is 18.9 Å². The minimum Gasteiger partial charge on any atom is -0.496 e. The van der Waals surface area contributed by atoms with Crippen molar-refractivity contribution < 1.29 is 19.1 Å². The van der Waals surface area contributed by atoms with Crippen LogP contribution in [0.1, 0.15) is 18.4 Å². The number of ether oxygens (including phenoxy) is 2. The van der Waals surface area contributed by atoms with Crippen LogP contribution >= 0.6 is 15.9 Å². The minimum atomic E-state index is -0.284. The van der Waals surface area contributed by atoms with Crippen LogP contribution in [0.3, 0.4) is 0 Å². The van der Waals surface area contributed by atoms with Crippen molar-refractivity contribution in [3.05, 3.63) is 58.6 Å². The molecular weight excluding hydrogens is 450 g/mol. The van der Waals surface area contributed by atoms with E-state index in [0.29, 0.717) is 23.7 Å². The first kappa shape index (κ1) is 21.9. The van der Waals surface area contributed by atoms with Gasteiger partial charge >= 0.3 is 6.03 Å². The number of anilines is 2. The number of rotatable bonds is 7. The minimum absolute atomic E-state index is 0.0957. The van der Waals surface area contributed by atoms with E-state index < -0.39 is 0 Å². The SMILES string of the molecule is COc1ccc(Br)cc1/C=C/C(=O)Nc1ccc(NC(=O)NCC2CCCO2)cc1. The van der Waals surface area contributed by atoms with E-state index in [9.17, 15) is 9.59 Å². The maximum atomic E-state index is 12.2. The fourth-order valence-corrected chi connectivity index (χ4v) is 3.39. The van der Waals surface area contributed by atoms with E-state index in [0.717, 1.165) is 29.5 Å². The Labute approximate surface area is 184 Å². The molecule has 3 amide bonds. The summed E-state index contributed by atoms with van der Waals surface area (Å²) >= 11 is 3.41. The number of carbonyl (C=O) groups is 2. The molecular formula is C22H24BrN3O4. The number of nitrogens with one attached hydrogen (secondary N) is 3. The van der Waals surface area contributed by atoms with Gasteiger partial charge in [-0.15, -0.1) is 0 Å². The third kappa shape index (κ3) is 6.60. The molecule has 0 aliphatic carbocycles. The maximum absolute atomic E-state index is 12.2. The molecule has 1 atom stereocenters. The van der Waals surface area contributed by atoms with Gasteiger partial charge in [0.1, 0.15) is 5.75 Å². The highest BCUT2D eigenvalue weighted by Gasteiger charge is 2.16. The molecule has 8 heteroatoms. The van der Waals surface area contributed by atoms with Crippen molar-refractivity contribution >= 4 is 45.3 Å². The zero-order chi connectivity index (χ0) is 21.3. The Bertz CT molecular complexity index is 909. The molecule has 1 aliphatic rings. The summed E-state index contributed by atoms with van der Waals surface area (Å²) in [7, 11) is 1.58. The predicted molar refractivity (Wildman–Crippen MR) is 121 cm³/mol. The number of amides is 3. The average Bonchev–Trinajstić information content (AvgIpc) is 3.26. The smallest absolute Gasteiger partial charge is 0.319 e. The molecule has 0 radical (unpaired) electrons. The summed E-state index contributed by atoms with van der Waals surface area (Å²) in [6, 6.07) is 12.2. The maximum Gasteiger partial charge on any atom is 0.319 e. The third-order valence-corrected chi connectivity index (χ3v) is 5.02. The number of hydrogen-bond donors (Lipinski definition) is 3. The zero-order valence-electron chi connectivity index (χ0n) is 16.6. The number of carbonyl (C=O) groups excluding carboxylic acids is 2. The second kappa shape index (κ2) is 10.8. The first-order chi connectivity index (χ1) is 14.5. The van der Waals surface area contributed by atoms with Gasteiger partial charge in [0, 0.05) is 40.6 Å².